The van der Waals surface area contributed by atoms with Crippen molar-refractivity contribution >= 4 is 0 Å². The lowest BCUT2D eigenvalue weighted by molar-refractivity contribution is 0.429. The second-order valence-electron chi connectivity index (χ2n) is 4.47. The Morgan fingerprint density at radius 3 is 2.93 bits per heavy atom. The van der Waals surface area contributed by atoms with Gasteiger partial charge >= 0.3 is 0 Å². The minimum atomic E-state index is 0.261. The van der Waals surface area contributed by atoms with Gasteiger partial charge in [-0.1, -0.05) is 6.42 Å². The first-order chi connectivity index (χ1) is 6.90. The van der Waals surface area contributed by atoms with Gasteiger partial charge in [0.15, 0.2) is 0 Å². The lowest BCUT2D eigenvalue weighted by Crippen LogP contribution is -2.40. The topological polar surface area (TPSA) is 47.9 Å². The molecule has 0 aromatic carbocycles. The summed E-state index contributed by atoms with van der Waals surface area (Å²) in [5.41, 5.74) is 0. The highest BCUT2D eigenvalue weighted by atomic mass is 15.0. The number of nitriles is 1. The summed E-state index contributed by atoms with van der Waals surface area (Å²) in [6.07, 6.45) is 6.08. The molecule has 3 unspecified atom stereocenters. The third kappa shape index (κ3) is 2.26. The van der Waals surface area contributed by atoms with Gasteiger partial charge in [-0.3, -0.25) is 0 Å². The quantitative estimate of drug-likeness (QED) is 0.703. The van der Waals surface area contributed by atoms with Gasteiger partial charge in [-0.25, -0.2) is 0 Å². The highest BCUT2D eigenvalue weighted by Gasteiger charge is 2.27. The smallest absolute Gasteiger partial charge is 0.0672 e. The van der Waals surface area contributed by atoms with Crippen LogP contribution in [0.5, 0.6) is 0 Å². The fraction of sp³-hybridized carbons (Fsp3) is 0.909. The second kappa shape index (κ2) is 4.77. The molecule has 0 aromatic heterocycles. The van der Waals surface area contributed by atoms with Crippen LogP contribution in [-0.4, -0.2) is 25.2 Å². The first-order valence-corrected chi connectivity index (χ1v) is 5.76. The molecule has 1 saturated carbocycles. The largest absolute Gasteiger partial charge is 0.313 e. The molecule has 1 aliphatic heterocycles. The molecule has 0 aromatic rings. The van der Waals surface area contributed by atoms with Crippen LogP contribution in [0.3, 0.4) is 0 Å². The van der Waals surface area contributed by atoms with E-state index in [0.29, 0.717) is 12.1 Å². The molecular formula is C11H19N3. The van der Waals surface area contributed by atoms with Gasteiger partial charge in [-0.05, 0) is 32.2 Å². The SMILES string of the molecule is N#CC1CCCC1NCC1CCCN1. The van der Waals surface area contributed by atoms with E-state index >= 15 is 0 Å². The van der Waals surface area contributed by atoms with Crippen LogP contribution in [-0.2, 0) is 0 Å². The molecule has 3 heteroatoms. The first kappa shape index (κ1) is 9.95. The molecule has 2 rings (SSSR count). The third-order valence-corrected chi connectivity index (χ3v) is 3.47. The Hall–Kier alpha value is -0.590. The molecule has 1 saturated heterocycles. The highest BCUT2D eigenvalue weighted by Crippen LogP contribution is 2.24. The molecule has 0 radical (unpaired) electrons. The molecule has 0 spiro atoms. The number of hydrogen-bond acceptors (Lipinski definition) is 3. The zero-order valence-corrected chi connectivity index (χ0v) is 8.63. The highest BCUT2D eigenvalue weighted by molar-refractivity contribution is 4.97. The Bertz CT molecular complexity index is 215. The van der Waals surface area contributed by atoms with E-state index in [1.807, 2.05) is 0 Å². The van der Waals surface area contributed by atoms with Crippen molar-refractivity contribution in [1.82, 2.24) is 10.6 Å². The van der Waals surface area contributed by atoms with Gasteiger partial charge in [0.1, 0.15) is 0 Å². The number of nitrogens with zero attached hydrogens (tertiary/aromatic N) is 1. The van der Waals surface area contributed by atoms with Crippen LogP contribution in [0.2, 0.25) is 0 Å². The summed E-state index contributed by atoms with van der Waals surface area (Å²) in [6.45, 7) is 2.21. The van der Waals surface area contributed by atoms with Crippen molar-refractivity contribution in [3.8, 4) is 6.07 Å². The molecule has 2 aliphatic rings. The van der Waals surface area contributed by atoms with E-state index in [1.165, 1.54) is 32.2 Å². The lowest BCUT2D eigenvalue weighted by atomic mass is 10.1. The van der Waals surface area contributed by atoms with Crippen LogP contribution in [0.25, 0.3) is 0 Å². The summed E-state index contributed by atoms with van der Waals surface area (Å²) in [5.74, 6) is 0.261. The maximum absolute atomic E-state index is 8.92. The van der Waals surface area contributed by atoms with Crippen molar-refractivity contribution in [3.05, 3.63) is 0 Å². The van der Waals surface area contributed by atoms with Crippen molar-refractivity contribution in [2.45, 2.75) is 44.2 Å². The van der Waals surface area contributed by atoms with E-state index in [2.05, 4.69) is 16.7 Å². The van der Waals surface area contributed by atoms with Gasteiger partial charge in [0.25, 0.3) is 0 Å². The molecule has 1 heterocycles. The third-order valence-electron chi connectivity index (χ3n) is 3.47. The van der Waals surface area contributed by atoms with Crippen molar-refractivity contribution in [2.24, 2.45) is 5.92 Å². The van der Waals surface area contributed by atoms with Crippen LogP contribution in [0.1, 0.15) is 32.1 Å². The van der Waals surface area contributed by atoms with E-state index in [4.69, 9.17) is 5.26 Å². The summed E-state index contributed by atoms with van der Waals surface area (Å²) in [7, 11) is 0. The Labute approximate surface area is 85.9 Å². The number of hydrogen-bond donors (Lipinski definition) is 2. The molecule has 0 bridgehead atoms. The fourth-order valence-electron chi connectivity index (χ4n) is 2.58. The van der Waals surface area contributed by atoms with Crippen LogP contribution < -0.4 is 10.6 Å². The van der Waals surface area contributed by atoms with Crippen molar-refractivity contribution < 1.29 is 0 Å². The predicted octanol–water partition coefficient (Wildman–Crippen LogP) is 1.02. The summed E-state index contributed by atoms with van der Waals surface area (Å²) in [5, 5.41) is 15.9. The maximum Gasteiger partial charge on any atom is 0.0672 e. The second-order valence-corrected chi connectivity index (χ2v) is 4.47. The average Bonchev–Trinajstić information content (AvgIpc) is 2.85. The number of rotatable bonds is 3. The van der Waals surface area contributed by atoms with E-state index in [9.17, 15) is 0 Å². The molecule has 14 heavy (non-hydrogen) atoms. The Kier molecular flexibility index (Phi) is 3.39. The minimum Gasteiger partial charge on any atom is -0.313 e. The molecule has 1 aliphatic carbocycles. The van der Waals surface area contributed by atoms with Crippen LogP contribution >= 0.6 is 0 Å². The fourth-order valence-corrected chi connectivity index (χ4v) is 2.58. The predicted molar refractivity (Wildman–Crippen MR) is 55.8 cm³/mol. The molecule has 78 valence electrons. The Morgan fingerprint density at radius 2 is 2.21 bits per heavy atom. The van der Waals surface area contributed by atoms with Gasteiger partial charge in [0.2, 0.25) is 0 Å². The van der Waals surface area contributed by atoms with Gasteiger partial charge in [0.05, 0.1) is 12.0 Å². The molecular weight excluding hydrogens is 174 g/mol. The zero-order chi connectivity index (χ0) is 9.80. The molecule has 0 amide bonds. The minimum absolute atomic E-state index is 0.261. The summed E-state index contributed by atoms with van der Waals surface area (Å²) >= 11 is 0. The van der Waals surface area contributed by atoms with Gasteiger partial charge in [-0.15, -0.1) is 0 Å². The number of nitrogens with one attached hydrogen (secondary N) is 2. The standard InChI is InChI=1S/C11H19N3/c12-7-9-3-1-5-11(9)14-8-10-4-2-6-13-10/h9-11,13-14H,1-6,8H2. The van der Waals surface area contributed by atoms with Crippen LogP contribution in [0.15, 0.2) is 0 Å². The van der Waals surface area contributed by atoms with Crippen LogP contribution in [0.4, 0.5) is 0 Å². The normalized spacial score (nSPS) is 37.2. The molecule has 3 atom stereocenters. The summed E-state index contributed by atoms with van der Waals surface area (Å²) in [6, 6.07) is 3.52. The van der Waals surface area contributed by atoms with Gasteiger partial charge in [0, 0.05) is 18.6 Å². The molecule has 2 N–H and O–H groups in total. The van der Waals surface area contributed by atoms with Crippen molar-refractivity contribution in [3.63, 3.8) is 0 Å². The summed E-state index contributed by atoms with van der Waals surface area (Å²) in [4.78, 5) is 0. The Morgan fingerprint density at radius 1 is 1.29 bits per heavy atom. The van der Waals surface area contributed by atoms with Gasteiger partial charge in [-0.2, -0.15) is 5.26 Å². The van der Waals surface area contributed by atoms with Crippen molar-refractivity contribution in [1.29, 1.82) is 5.26 Å². The maximum atomic E-state index is 8.92. The lowest BCUT2D eigenvalue weighted by Gasteiger charge is -2.18. The molecule has 2 fully saturated rings. The van der Waals surface area contributed by atoms with E-state index in [-0.39, 0.29) is 5.92 Å². The van der Waals surface area contributed by atoms with E-state index in [0.717, 1.165) is 13.0 Å². The molecule has 3 nitrogen and oxygen atoms in total. The van der Waals surface area contributed by atoms with Crippen molar-refractivity contribution in [2.75, 3.05) is 13.1 Å². The van der Waals surface area contributed by atoms with E-state index < -0.39 is 0 Å². The average molecular weight is 193 g/mol. The van der Waals surface area contributed by atoms with Gasteiger partial charge < -0.3 is 10.6 Å². The monoisotopic (exact) mass is 193 g/mol. The zero-order valence-electron chi connectivity index (χ0n) is 8.63. The summed E-state index contributed by atoms with van der Waals surface area (Å²) < 4.78 is 0. The van der Waals surface area contributed by atoms with Crippen LogP contribution in [0, 0.1) is 17.2 Å². The van der Waals surface area contributed by atoms with E-state index in [1.54, 1.807) is 0 Å². The Balaban J connectivity index is 1.71. The first-order valence-electron chi connectivity index (χ1n) is 5.76.